The quantitative estimate of drug-likeness (QED) is 0.477. The summed E-state index contributed by atoms with van der Waals surface area (Å²) in [7, 11) is 0. The normalized spacial score (nSPS) is 25.4. The van der Waals surface area contributed by atoms with Gasteiger partial charge in [0.15, 0.2) is 10.4 Å². The first-order valence-electron chi connectivity index (χ1n) is 5.33. The standard InChI is InChI=1S/C13H13IO3/c1-2-12(14)15-8-11-9-16-13(17-11)10-6-4-3-5-7-10/h1,3-7,11-13H,8-9H2. The summed E-state index contributed by atoms with van der Waals surface area (Å²) in [6, 6.07) is 9.86. The molecule has 0 aliphatic carbocycles. The van der Waals surface area contributed by atoms with Gasteiger partial charge in [0.1, 0.15) is 6.10 Å². The van der Waals surface area contributed by atoms with Gasteiger partial charge in [-0.3, -0.25) is 0 Å². The van der Waals surface area contributed by atoms with Crippen molar-refractivity contribution >= 4 is 22.6 Å². The molecule has 1 aliphatic heterocycles. The minimum atomic E-state index is -0.289. The molecule has 0 saturated carbocycles. The molecule has 0 amide bonds. The van der Waals surface area contributed by atoms with E-state index in [9.17, 15) is 0 Å². The van der Waals surface area contributed by atoms with Crippen LogP contribution in [0, 0.1) is 12.3 Å². The van der Waals surface area contributed by atoms with Gasteiger partial charge in [-0.25, -0.2) is 0 Å². The lowest BCUT2D eigenvalue weighted by atomic mass is 10.2. The fraction of sp³-hybridized carbons (Fsp3) is 0.385. The average molecular weight is 344 g/mol. The second-order valence-corrected chi connectivity index (χ2v) is 4.78. The van der Waals surface area contributed by atoms with Gasteiger partial charge in [-0.2, -0.15) is 0 Å². The highest BCUT2D eigenvalue weighted by atomic mass is 127. The van der Waals surface area contributed by atoms with Crippen molar-refractivity contribution in [1.82, 2.24) is 0 Å². The maximum absolute atomic E-state index is 5.72. The second kappa shape index (κ2) is 6.36. The lowest BCUT2D eigenvalue weighted by Crippen LogP contribution is -2.20. The Hall–Kier alpha value is -0.610. The molecule has 0 spiro atoms. The molecule has 1 fully saturated rings. The maximum Gasteiger partial charge on any atom is 0.184 e. The van der Waals surface area contributed by atoms with Gasteiger partial charge in [-0.1, -0.05) is 36.3 Å². The Balaban J connectivity index is 1.82. The summed E-state index contributed by atoms with van der Waals surface area (Å²) < 4.78 is 16.5. The molecule has 1 aromatic carbocycles. The van der Waals surface area contributed by atoms with Crippen molar-refractivity contribution < 1.29 is 14.2 Å². The Labute approximate surface area is 115 Å². The molecule has 1 saturated heterocycles. The van der Waals surface area contributed by atoms with E-state index in [4.69, 9.17) is 20.6 Å². The van der Waals surface area contributed by atoms with Gasteiger partial charge in [-0.15, -0.1) is 6.42 Å². The molecular formula is C13H13IO3. The molecule has 3 atom stereocenters. The first-order chi connectivity index (χ1) is 8.29. The van der Waals surface area contributed by atoms with Crippen LogP contribution in [-0.2, 0) is 14.2 Å². The van der Waals surface area contributed by atoms with Crippen molar-refractivity contribution in [3.8, 4) is 12.3 Å². The Bertz CT molecular complexity index is 387. The van der Waals surface area contributed by atoms with E-state index in [2.05, 4.69) is 28.5 Å². The Morgan fingerprint density at radius 3 is 2.94 bits per heavy atom. The van der Waals surface area contributed by atoms with Gasteiger partial charge < -0.3 is 14.2 Å². The topological polar surface area (TPSA) is 27.7 Å². The number of hydrogen-bond donors (Lipinski definition) is 0. The molecule has 3 nitrogen and oxygen atoms in total. The molecule has 1 heterocycles. The molecular weight excluding hydrogens is 331 g/mol. The highest BCUT2D eigenvalue weighted by Gasteiger charge is 2.27. The van der Waals surface area contributed by atoms with Crippen molar-refractivity contribution in [1.29, 1.82) is 0 Å². The SMILES string of the molecule is C#CC(I)OCC1COC(c2ccccc2)O1. The second-order valence-electron chi connectivity index (χ2n) is 3.65. The van der Waals surface area contributed by atoms with Crippen molar-refractivity contribution in [2.75, 3.05) is 13.2 Å². The van der Waals surface area contributed by atoms with Gasteiger partial charge in [-0.05, 0) is 22.6 Å². The molecule has 1 aromatic rings. The zero-order valence-electron chi connectivity index (χ0n) is 9.21. The summed E-state index contributed by atoms with van der Waals surface area (Å²) >= 11 is 2.05. The summed E-state index contributed by atoms with van der Waals surface area (Å²) in [6.45, 7) is 0.995. The highest BCUT2D eigenvalue weighted by molar-refractivity contribution is 14.1. The first-order valence-corrected chi connectivity index (χ1v) is 6.58. The molecule has 2 rings (SSSR count). The summed E-state index contributed by atoms with van der Waals surface area (Å²) in [5, 5.41) is 0. The van der Waals surface area contributed by atoms with Crippen molar-refractivity contribution in [3.05, 3.63) is 35.9 Å². The lowest BCUT2D eigenvalue weighted by molar-refractivity contribution is -0.0727. The van der Waals surface area contributed by atoms with Crippen LogP contribution in [0.5, 0.6) is 0 Å². The van der Waals surface area contributed by atoms with Gasteiger partial charge in [0.05, 0.1) is 13.2 Å². The van der Waals surface area contributed by atoms with E-state index < -0.39 is 0 Å². The highest BCUT2D eigenvalue weighted by Crippen LogP contribution is 2.26. The number of rotatable bonds is 4. The van der Waals surface area contributed by atoms with E-state index >= 15 is 0 Å². The van der Waals surface area contributed by atoms with Crippen LogP contribution in [0.1, 0.15) is 11.9 Å². The first kappa shape index (κ1) is 12.8. The van der Waals surface area contributed by atoms with Gasteiger partial charge in [0, 0.05) is 5.56 Å². The fourth-order valence-electron chi connectivity index (χ4n) is 1.56. The van der Waals surface area contributed by atoms with Gasteiger partial charge >= 0.3 is 0 Å². The van der Waals surface area contributed by atoms with Crippen LogP contribution in [-0.4, -0.2) is 23.4 Å². The van der Waals surface area contributed by atoms with Crippen LogP contribution in [0.15, 0.2) is 30.3 Å². The third kappa shape index (κ3) is 3.68. The largest absolute Gasteiger partial charge is 0.353 e. The zero-order chi connectivity index (χ0) is 12.1. The number of halogens is 1. The number of hydrogen-bond acceptors (Lipinski definition) is 3. The predicted octanol–water partition coefficient (Wildman–Crippen LogP) is 2.51. The molecule has 1 aliphatic rings. The summed E-state index contributed by atoms with van der Waals surface area (Å²) in [4.78, 5) is 0. The van der Waals surface area contributed by atoms with Crippen molar-refractivity contribution in [2.45, 2.75) is 16.5 Å². The average Bonchev–Trinajstić information content (AvgIpc) is 2.86. The Morgan fingerprint density at radius 2 is 2.24 bits per heavy atom. The van der Waals surface area contributed by atoms with E-state index in [1.807, 2.05) is 30.3 Å². The Morgan fingerprint density at radius 1 is 1.47 bits per heavy atom. The molecule has 0 bridgehead atoms. The number of ether oxygens (including phenoxy) is 3. The summed E-state index contributed by atoms with van der Waals surface area (Å²) in [5.74, 6) is 2.50. The Kier molecular flexibility index (Phi) is 4.80. The summed E-state index contributed by atoms with van der Waals surface area (Å²) in [6.07, 6.45) is 4.88. The zero-order valence-corrected chi connectivity index (χ0v) is 11.4. The van der Waals surface area contributed by atoms with Crippen LogP contribution >= 0.6 is 22.6 Å². The van der Waals surface area contributed by atoms with Gasteiger partial charge in [0.2, 0.25) is 0 Å². The van der Waals surface area contributed by atoms with Gasteiger partial charge in [0.25, 0.3) is 0 Å². The number of terminal acetylenes is 1. The van der Waals surface area contributed by atoms with E-state index in [-0.39, 0.29) is 16.5 Å². The minimum Gasteiger partial charge on any atom is -0.353 e. The predicted molar refractivity (Wildman–Crippen MR) is 72.6 cm³/mol. The van der Waals surface area contributed by atoms with Crippen LogP contribution in [0.25, 0.3) is 0 Å². The summed E-state index contributed by atoms with van der Waals surface area (Å²) in [5.41, 5.74) is 1.03. The molecule has 0 aromatic heterocycles. The molecule has 3 unspecified atom stereocenters. The molecule has 17 heavy (non-hydrogen) atoms. The lowest BCUT2D eigenvalue weighted by Gasteiger charge is -2.12. The van der Waals surface area contributed by atoms with Crippen LogP contribution in [0.3, 0.4) is 0 Å². The maximum atomic E-state index is 5.72. The van der Waals surface area contributed by atoms with E-state index in [1.165, 1.54) is 0 Å². The van der Waals surface area contributed by atoms with E-state index in [0.717, 1.165) is 5.56 Å². The smallest absolute Gasteiger partial charge is 0.184 e. The minimum absolute atomic E-state index is 0.0502. The van der Waals surface area contributed by atoms with E-state index in [1.54, 1.807) is 0 Å². The van der Waals surface area contributed by atoms with E-state index in [0.29, 0.717) is 13.2 Å². The van der Waals surface area contributed by atoms with Crippen molar-refractivity contribution in [2.24, 2.45) is 0 Å². The monoisotopic (exact) mass is 344 g/mol. The van der Waals surface area contributed by atoms with Crippen LogP contribution in [0.4, 0.5) is 0 Å². The molecule has 0 radical (unpaired) electrons. The van der Waals surface area contributed by atoms with Crippen molar-refractivity contribution in [3.63, 3.8) is 0 Å². The molecule has 0 N–H and O–H groups in total. The molecule has 4 heteroatoms. The van der Waals surface area contributed by atoms with Crippen LogP contribution < -0.4 is 0 Å². The molecule has 90 valence electrons. The fourth-order valence-corrected chi connectivity index (χ4v) is 1.77. The number of alkyl halides is 1. The third-order valence-corrected chi connectivity index (χ3v) is 3.10. The third-order valence-electron chi connectivity index (χ3n) is 2.38. The number of benzene rings is 1. The van der Waals surface area contributed by atoms with Crippen LogP contribution in [0.2, 0.25) is 0 Å².